The SMILES string of the molecule is Cn1nccc1C(=O)N[C@H]1CCCc2nc(-c3cccnc3)ncc21. The van der Waals surface area contributed by atoms with Crippen LogP contribution in [0.15, 0.2) is 43.0 Å². The molecular weight excluding hydrogens is 316 g/mol. The van der Waals surface area contributed by atoms with Gasteiger partial charge in [0.15, 0.2) is 5.82 Å². The van der Waals surface area contributed by atoms with Gasteiger partial charge >= 0.3 is 0 Å². The second-order valence-corrected chi connectivity index (χ2v) is 6.10. The van der Waals surface area contributed by atoms with Gasteiger partial charge in [-0.3, -0.25) is 14.5 Å². The normalized spacial score (nSPS) is 16.3. The van der Waals surface area contributed by atoms with Crippen molar-refractivity contribution in [2.24, 2.45) is 7.05 Å². The topological polar surface area (TPSA) is 85.6 Å². The first-order valence-corrected chi connectivity index (χ1v) is 8.27. The van der Waals surface area contributed by atoms with Gasteiger partial charge in [0.1, 0.15) is 5.69 Å². The van der Waals surface area contributed by atoms with Crippen molar-refractivity contribution in [2.45, 2.75) is 25.3 Å². The van der Waals surface area contributed by atoms with Crippen molar-refractivity contribution in [1.29, 1.82) is 0 Å². The van der Waals surface area contributed by atoms with Crippen LogP contribution in [-0.4, -0.2) is 30.6 Å². The summed E-state index contributed by atoms with van der Waals surface area (Å²) in [4.78, 5) is 25.8. The molecule has 1 aliphatic carbocycles. The molecule has 3 aromatic heterocycles. The summed E-state index contributed by atoms with van der Waals surface area (Å²) >= 11 is 0. The summed E-state index contributed by atoms with van der Waals surface area (Å²) < 4.78 is 1.57. The lowest BCUT2D eigenvalue weighted by Crippen LogP contribution is -2.32. The maximum atomic E-state index is 12.5. The Hall–Kier alpha value is -3.09. The molecular formula is C18H18N6O. The average molecular weight is 334 g/mol. The van der Waals surface area contributed by atoms with E-state index in [2.05, 4.69) is 20.4 Å². The molecule has 25 heavy (non-hydrogen) atoms. The number of hydrogen-bond donors (Lipinski definition) is 1. The minimum atomic E-state index is -0.130. The van der Waals surface area contributed by atoms with Gasteiger partial charge < -0.3 is 5.32 Å². The third-order valence-electron chi connectivity index (χ3n) is 4.46. The lowest BCUT2D eigenvalue weighted by Gasteiger charge is -2.25. The van der Waals surface area contributed by atoms with Gasteiger partial charge in [-0.15, -0.1) is 0 Å². The molecule has 3 aromatic rings. The minimum Gasteiger partial charge on any atom is -0.344 e. The van der Waals surface area contributed by atoms with E-state index in [0.29, 0.717) is 11.5 Å². The molecule has 126 valence electrons. The average Bonchev–Trinajstić information content (AvgIpc) is 3.08. The molecule has 4 rings (SSSR count). The third-order valence-corrected chi connectivity index (χ3v) is 4.46. The summed E-state index contributed by atoms with van der Waals surface area (Å²) in [7, 11) is 1.76. The Balaban J connectivity index is 1.60. The van der Waals surface area contributed by atoms with E-state index in [1.807, 2.05) is 18.3 Å². The van der Waals surface area contributed by atoms with Gasteiger partial charge in [-0.1, -0.05) is 0 Å². The lowest BCUT2D eigenvalue weighted by molar-refractivity contribution is 0.0923. The van der Waals surface area contributed by atoms with Gasteiger partial charge in [0.2, 0.25) is 0 Å². The highest BCUT2D eigenvalue weighted by Gasteiger charge is 2.25. The Morgan fingerprint density at radius 1 is 1.28 bits per heavy atom. The number of rotatable bonds is 3. The molecule has 0 unspecified atom stereocenters. The molecule has 0 bridgehead atoms. The van der Waals surface area contributed by atoms with E-state index in [1.165, 1.54) is 0 Å². The van der Waals surface area contributed by atoms with Crippen LogP contribution in [-0.2, 0) is 13.5 Å². The van der Waals surface area contributed by atoms with Crippen LogP contribution in [0, 0.1) is 0 Å². The highest BCUT2D eigenvalue weighted by molar-refractivity contribution is 5.92. The highest BCUT2D eigenvalue weighted by atomic mass is 16.2. The van der Waals surface area contributed by atoms with Crippen molar-refractivity contribution >= 4 is 5.91 Å². The van der Waals surface area contributed by atoms with E-state index >= 15 is 0 Å². The van der Waals surface area contributed by atoms with Crippen LogP contribution in [0.4, 0.5) is 0 Å². The molecule has 0 fully saturated rings. The number of carbonyl (C=O) groups excluding carboxylic acids is 1. The molecule has 0 radical (unpaired) electrons. The summed E-state index contributed by atoms with van der Waals surface area (Å²) in [6.45, 7) is 0. The summed E-state index contributed by atoms with van der Waals surface area (Å²) in [6.07, 6.45) is 9.69. The standard InChI is InChI=1S/C18H18N6O/c1-24-16(7-9-21-24)18(25)23-15-6-2-5-14-13(15)11-20-17(22-14)12-4-3-8-19-10-12/h3-4,7-11,15H,2,5-6H2,1H3,(H,23,25)/t15-/m0/s1. The van der Waals surface area contributed by atoms with Crippen LogP contribution in [0.1, 0.15) is 40.6 Å². The number of aromatic nitrogens is 5. The van der Waals surface area contributed by atoms with Gasteiger partial charge in [0.25, 0.3) is 5.91 Å². The maximum absolute atomic E-state index is 12.5. The van der Waals surface area contributed by atoms with Crippen molar-refractivity contribution in [3.63, 3.8) is 0 Å². The summed E-state index contributed by atoms with van der Waals surface area (Å²) in [5.74, 6) is 0.541. The van der Waals surface area contributed by atoms with Crippen LogP contribution in [0.2, 0.25) is 0 Å². The molecule has 0 spiro atoms. The van der Waals surface area contributed by atoms with E-state index in [-0.39, 0.29) is 11.9 Å². The minimum absolute atomic E-state index is 0.0749. The van der Waals surface area contributed by atoms with Crippen molar-refractivity contribution in [2.75, 3.05) is 0 Å². The Kier molecular flexibility index (Phi) is 3.97. The highest BCUT2D eigenvalue weighted by Crippen LogP contribution is 2.29. The van der Waals surface area contributed by atoms with Crippen molar-refractivity contribution in [3.05, 3.63) is 59.9 Å². The third kappa shape index (κ3) is 3.00. The van der Waals surface area contributed by atoms with Crippen molar-refractivity contribution in [3.8, 4) is 11.4 Å². The van der Waals surface area contributed by atoms with E-state index in [0.717, 1.165) is 36.1 Å². The van der Waals surface area contributed by atoms with E-state index in [4.69, 9.17) is 4.98 Å². The molecule has 1 atom stereocenters. The smallest absolute Gasteiger partial charge is 0.270 e. The summed E-state index contributed by atoms with van der Waals surface area (Å²) in [5, 5.41) is 7.13. The maximum Gasteiger partial charge on any atom is 0.270 e. The molecule has 1 amide bonds. The summed E-state index contributed by atoms with van der Waals surface area (Å²) in [5.41, 5.74) is 3.43. The molecule has 1 aliphatic rings. The zero-order valence-corrected chi connectivity index (χ0v) is 13.9. The largest absolute Gasteiger partial charge is 0.344 e. The fraction of sp³-hybridized carbons (Fsp3) is 0.278. The first-order chi connectivity index (χ1) is 12.2. The monoisotopic (exact) mass is 334 g/mol. The first kappa shape index (κ1) is 15.4. The Morgan fingerprint density at radius 3 is 2.96 bits per heavy atom. The molecule has 0 aliphatic heterocycles. The quantitative estimate of drug-likeness (QED) is 0.792. The summed E-state index contributed by atoms with van der Waals surface area (Å²) in [6, 6.07) is 5.45. The number of pyridine rings is 1. The van der Waals surface area contributed by atoms with E-state index in [1.54, 1.807) is 36.4 Å². The molecule has 3 heterocycles. The number of hydrogen-bond acceptors (Lipinski definition) is 5. The fourth-order valence-electron chi connectivity index (χ4n) is 3.16. The number of nitrogens with zero attached hydrogens (tertiary/aromatic N) is 5. The Labute approximate surface area is 145 Å². The number of amides is 1. The van der Waals surface area contributed by atoms with Gasteiger partial charge in [0, 0.05) is 48.7 Å². The molecule has 0 aromatic carbocycles. The number of fused-ring (bicyclic) bond motifs is 1. The zero-order chi connectivity index (χ0) is 17.2. The zero-order valence-electron chi connectivity index (χ0n) is 13.9. The molecule has 7 heteroatoms. The van der Waals surface area contributed by atoms with Gasteiger partial charge in [-0.2, -0.15) is 5.10 Å². The molecule has 7 nitrogen and oxygen atoms in total. The van der Waals surface area contributed by atoms with Crippen LogP contribution >= 0.6 is 0 Å². The second kappa shape index (κ2) is 6.43. The fourth-order valence-corrected chi connectivity index (χ4v) is 3.16. The van der Waals surface area contributed by atoms with Crippen molar-refractivity contribution < 1.29 is 4.79 Å². The first-order valence-electron chi connectivity index (χ1n) is 8.27. The van der Waals surface area contributed by atoms with E-state index < -0.39 is 0 Å². The van der Waals surface area contributed by atoms with Crippen LogP contribution in [0.3, 0.4) is 0 Å². The van der Waals surface area contributed by atoms with Crippen LogP contribution < -0.4 is 5.32 Å². The van der Waals surface area contributed by atoms with Crippen LogP contribution in [0.5, 0.6) is 0 Å². The Bertz CT molecular complexity index is 905. The predicted octanol–water partition coefficient (Wildman–Crippen LogP) is 2.08. The van der Waals surface area contributed by atoms with Crippen LogP contribution in [0.25, 0.3) is 11.4 Å². The number of aryl methyl sites for hydroxylation is 2. The number of nitrogens with one attached hydrogen (secondary N) is 1. The van der Waals surface area contributed by atoms with Gasteiger partial charge in [-0.05, 0) is 37.5 Å². The number of carbonyl (C=O) groups is 1. The van der Waals surface area contributed by atoms with Gasteiger partial charge in [-0.25, -0.2) is 9.97 Å². The lowest BCUT2D eigenvalue weighted by atomic mass is 9.92. The second-order valence-electron chi connectivity index (χ2n) is 6.10. The molecule has 1 N–H and O–H groups in total. The predicted molar refractivity (Wildman–Crippen MR) is 91.6 cm³/mol. The van der Waals surface area contributed by atoms with Crippen molar-refractivity contribution in [1.82, 2.24) is 30.0 Å². The van der Waals surface area contributed by atoms with Gasteiger partial charge in [0.05, 0.1) is 6.04 Å². The molecule has 0 saturated carbocycles. The Morgan fingerprint density at radius 2 is 2.20 bits per heavy atom. The van der Waals surface area contributed by atoms with E-state index in [9.17, 15) is 4.79 Å². The molecule has 0 saturated heterocycles.